The minimum absolute atomic E-state index is 0.717. The molecule has 5 aromatic rings. The molecule has 0 aliphatic carbocycles. The van der Waals surface area contributed by atoms with Gasteiger partial charge in [0.25, 0.3) is 0 Å². The van der Waals surface area contributed by atoms with E-state index in [-0.39, 0.29) is 0 Å². The molecule has 0 unspecified atom stereocenters. The average molecular weight is 409 g/mol. The highest BCUT2D eigenvalue weighted by Crippen LogP contribution is 2.36. The van der Waals surface area contributed by atoms with E-state index in [1.54, 1.807) is 14.2 Å². The summed E-state index contributed by atoms with van der Waals surface area (Å²) in [4.78, 5) is 4.72. The third-order valence-electron chi connectivity index (χ3n) is 5.93. The Bertz CT molecular complexity index is 1400. The molecule has 0 bridgehead atoms. The van der Waals surface area contributed by atoms with Crippen molar-refractivity contribution in [3.8, 4) is 22.6 Å². The van der Waals surface area contributed by atoms with Crippen LogP contribution >= 0.6 is 0 Å². The van der Waals surface area contributed by atoms with Crippen LogP contribution in [0, 0.1) is 6.92 Å². The van der Waals surface area contributed by atoms with Crippen molar-refractivity contribution >= 4 is 21.8 Å². The molecule has 154 valence electrons. The second-order valence-electron chi connectivity index (χ2n) is 7.70. The van der Waals surface area contributed by atoms with E-state index in [0.29, 0.717) is 0 Å². The van der Waals surface area contributed by atoms with Gasteiger partial charge in [0.05, 0.1) is 14.2 Å². The van der Waals surface area contributed by atoms with Gasteiger partial charge >= 0.3 is 0 Å². The average Bonchev–Trinajstić information content (AvgIpc) is 3.19. The summed E-state index contributed by atoms with van der Waals surface area (Å²) >= 11 is 0. The van der Waals surface area contributed by atoms with Crippen molar-refractivity contribution in [1.82, 2.24) is 9.55 Å². The number of ether oxygens (including phenoxy) is 2. The molecule has 2 heterocycles. The van der Waals surface area contributed by atoms with E-state index < -0.39 is 0 Å². The zero-order chi connectivity index (χ0) is 21.4. The van der Waals surface area contributed by atoms with Crippen LogP contribution in [-0.4, -0.2) is 23.8 Å². The molecule has 3 aromatic carbocycles. The summed E-state index contributed by atoms with van der Waals surface area (Å²) in [5, 5.41) is 3.66. The third-order valence-corrected chi connectivity index (χ3v) is 5.93. The van der Waals surface area contributed by atoms with E-state index in [1.165, 1.54) is 21.9 Å². The quantitative estimate of drug-likeness (QED) is 0.346. The van der Waals surface area contributed by atoms with Gasteiger partial charge in [-0.05, 0) is 58.7 Å². The smallest absolute Gasteiger partial charge is 0.161 e. The van der Waals surface area contributed by atoms with E-state index in [0.717, 1.165) is 40.2 Å². The lowest BCUT2D eigenvalue weighted by Crippen LogP contribution is -2.02. The molecular weight excluding hydrogens is 384 g/mol. The van der Waals surface area contributed by atoms with E-state index in [4.69, 9.17) is 14.5 Å². The first kappa shape index (κ1) is 19.2. The second-order valence-corrected chi connectivity index (χ2v) is 7.70. The molecule has 0 saturated heterocycles. The molecule has 4 heteroatoms. The topological polar surface area (TPSA) is 36.3 Å². The van der Waals surface area contributed by atoms with Gasteiger partial charge in [-0.2, -0.15) is 0 Å². The lowest BCUT2D eigenvalue weighted by molar-refractivity contribution is 0.355. The van der Waals surface area contributed by atoms with Crippen LogP contribution in [0.5, 0.6) is 11.5 Å². The third kappa shape index (κ3) is 3.30. The Balaban J connectivity index is 1.67. The van der Waals surface area contributed by atoms with Crippen molar-refractivity contribution in [2.24, 2.45) is 0 Å². The second kappa shape index (κ2) is 7.80. The maximum absolute atomic E-state index is 5.53. The van der Waals surface area contributed by atoms with Crippen molar-refractivity contribution < 1.29 is 9.47 Å². The van der Waals surface area contributed by atoms with Crippen molar-refractivity contribution in [2.45, 2.75) is 13.5 Å². The summed E-state index contributed by atoms with van der Waals surface area (Å²) in [7, 11) is 3.32. The molecule has 5 rings (SSSR count). The van der Waals surface area contributed by atoms with Gasteiger partial charge in [0.15, 0.2) is 11.5 Å². The Morgan fingerprint density at radius 3 is 2.48 bits per heavy atom. The minimum Gasteiger partial charge on any atom is -0.493 e. The van der Waals surface area contributed by atoms with Gasteiger partial charge in [-0.25, -0.2) is 4.98 Å². The first-order valence-corrected chi connectivity index (χ1v) is 10.3. The zero-order valence-electron chi connectivity index (χ0n) is 17.9. The van der Waals surface area contributed by atoms with Gasteiger partial charge in [0.2, 0.25) is 0 Å². The molecular formula is C27H24N2O2. The normalized spacial score (nSPS) is 11.2. The summed E-state index contributed by atoms with van der Waals surface area (Å²) in [5.41, 5.74) is 5.77. The van der Waals surface area contributed by atoms with Gasteiger partial charge in [-0.3, -0.25) is 0 Å². The highest BCUT2D eigenvalue weighted by molar-refractivity contribution is 5.95. The molecule has 0 amide bonds. The Labute approximate surface area is 181 Å². The Kier molecular flexibility index (Phi) is 4.83. The number of nitrogens with zero attached hydrogens (tertiary/aromatic N) is 2. The fraction of sp³-hybridized carbons (Fsp3) is 0.148. The van der Waals surface area contributed by atoms with E-state index >= 15 is 0 Å². The highest BCUT2D eigenvalue weighted by atomic mass is 16.5. The summed E-state index contributed by atoms with van der Waals surface area (Å²) in [6.45, 7) is 2.93. The summed E-state index contributed by atoms with van der Waals surface area (Å²) < 4.78 is 13.2. The van der Waals surface area contributed by atoms with Gasteiger partial charge in [0.1, 0.15) is 5.65 Å². The summed E-state index contributed by atoms with van der Waals surface area (Å²) in [5.74, 6) is 1.44. The number of hydrogen-bond donors (Lipinski definition) is 0. The number of benzene rings is 3. The van der Waals surface area contributed by atoms with Crippen molar-refractivity contribution in [1.29, 1.82) is 0 Å². The van der Waals surface area contributed by atoms with Gasteiger partial charge in [0, 0.05) is 29.9 Å². The van der Waals surface area contributed by atoms with Gasteiger partial charge in [-0.15, -0.1) is 0 Å². The lowest BCUT2D eigenvalue weighted by atomic mass is 10.00. The van der Waals surface area contributed by atoms with Crippen LogP contribution in [-0.2, 0) is 6.54 Å². The molecule has 0 spiro atoms. The fourth-order valence-electron chi connectivity index (χ4n) is 4.30. The molecule has 0 fully saturated rings. The van der Waals surface area contributed by atoms with Crippen LogP contribution in [0.3, 0.4) is 0 Å². The monoisotopic (exact) mass is 408 g/mol. The molecule has 0 N–H and O–H groups in total. The number of aryl methyl sites for hydroxylation is 1. The molecule has 31 heavy (non-hydrogen) atoms. The summed E-state index contributed by atoms with van der Waals surface area (Å²) in [6, 6.07) is 23.1. The highest BCUT2D eigenvalue weighted by Gasteiger charge is 2.15. The predicted molar refractivity (Wildman–Crippen MR) is 126 cm³/mol. The molecule has 0 radical (unpaired) electrons. The number of methoxy groups -OCH3 is 2. The SMILES string of the molecule is COc1ccc(-c2cn(Cc3c(C)ccc4ccccc34)c3ncccc23)cc1OC. The van der Waals surface area contributed by atoms with Crippen LogP contribution in [0.2, 0.25) is 0 Å². The van der Waals surface area contributed by atoms with Crippen molar-refractivity contribution in [2.75, 3.05) is 14.2 Å². The van der Waals surface area contributed by atoms with Crippen LogP contribution in [0.4, 0.5) is 0 Å². The maximum Gasteiger partial charge on any atom is 0.161 e. The molecule has 4 nitrogen and oxygen atoms in total. The predicted octanol–water partition coefficient (Wildman–Crippen LogP) is 6.23. The molecule has 2 aromatic heterocycles. The maximum atomic E-state index is 5.53. The molecule has 0 saturated carbocycles. The standard InChI is InChI=1S/C27H24N2O2/c1-18-10-11-19-7-4-5-8-21(19)23(18)16-29-17-24(22-9-6-14-28-27(22)29)20-12-13-25(30-2)26(15-20)31-3/h4-15,17H,16H2,1-3H3. The number of fused-ring (bicyclic) bond motifs is 2. The molecule has 0 atom stereocenters. The van der Waals surface area contributed by atoms with E-state index in [1.807, 2.05) is 24.4 Å². The van der Waals surface area contributed by atoms with E-state index in [2.05, 4.69) is 66.2 Å². The molecule has 0 aliphatic heterocycles. The lowest BCUT2D eigenvalue weighted by Gasteiger charge is -2.12. The van der Waals surface area contributed by atoms with Crippen LogP contribution in [0.25, 0.3) is 32.9 Å². The minimum atomic E-state index is 0.717. The number of hydrogen-bond acceptors (Lipinski definition) is 3. The number of aromatic nitrogens is 2. The van der Waals surface area contributed by atoms with Crippen molar-refractivity contribution in [3.63, 3.8) is 0 Å². The van der Waals surface area contributed by atoms with Crippen LogP contribution in [0.15, 0.2) is 79.1 Å². The zero-order valence-corrected chi connectivity index (χ0v) is 17.9. The van der Waals surface area contributed by atoms with E-state index in [9.17, 15) is 0 Å². The first-order valence-electron chi connectivity index (χ1n) is 10.3. The Morgan fingerprint density at radius 1 is 0.839 bits per heavy atom. The summed E-state index contributed by atoms with van der Waals surface area (Å²) in [6.07, 6.45) is 4.05. The molecule has 0 aliphatic rings. The van der Waals surface area contributed by atoms with Crippen molar-refractivity contribution in [3.05, 3.63) is 90.3 Å². The van der Waals surface area contributed by atoms with Gasteiger partial charge in [-0.1, -0.05) is 42.5 Å². The fourth-order valence-corrected chi connectivity index (χ4v) is 4.30. The van der Waals surface area contributed by atoms with Gasteiger partial charge < -0.3 is 14.0 Å². The first-order chi connectivity index (χ1) is 15.2. The number of rotatable bonds is 5. The van der Waals surface area contributed by atoms with Crippen LogP contribution in [0.1, 0.15) is 11.1 Å². The number of pyridine rings is 1. The largest absolute Gasteiger partial charge is 0.493 e. The van der Waals surface area contributed by atoms with Crippen LogP contribution < -0.4 is 9.47 Å². The Morgan fingerprint density at radius 2 is 1.65 bits per heavy atom. The Hall–Kier alpha value is -3.79.